The second-order valence-corrected chi connectivity index (χ2v) is 9.51. The standard InChI is InChI=1S/C27H40O3/c1-3-4-5-6-21-7-9-22(10-8-21)23-11-13-24(14-12-23)25-15-17-26(18-16-25)30-27(29)20(2)19-28/h7-10,23-26,28H,2-6,11-19H2,1H3. The van der Waals surface area contributed by atoms with Gasteiger partial charge >= 0.3 is 5.97 Å². The van der Waals surface area contributed by atoms with Gasteiger partial charge in [-0.3, -0.25) is 0 Å². The van der Waals surface area contributed by atoms with Crippen LogP contribution in [0.4, 0.5) is 0 Å². The second kappa shape index (κ2) is 11.7. The summed E-state index contributed by atoms with van der Waals surface area (Å²) >= 11 is 0. The molecule has 0 bridgehead atoms. The molecular formula is C27H40O3. The van der Waals surface area contributed by atoms with Crippen LogP contribution in [0, 0.1) is 11.8 Å². The van der Waals surface area contributed by atoms with Crippen LogP contribution in [-0.2, 0) is 16.0 Å². The minimum absolute atomic E-state index is 0.00392. The number of carbonyl (C=O) groups excluding carboxylic acids is 1. The number of benzene rings is 1. The Balaban J connectivity index is 1.39. The molecule has 2 fully saturated rings. The van der Waals surface area contributed by atoms with E-state index in [9.17, 15) is 4.79 Å². The van der Waals surface area contributed by atoms with Crippen LogP contribution in [0.15, 0.2) is 36.4 Å². The molecule has 1 aromatic carbocycles. The Hall–Kier alpha value is -1.61. The summed E-state index contributed by atoms with van der Waals surface area (Å²) in [6.07, 6.45) is 14.6. The SMILES string of the molecule is C=C(CO)C(=O)OC1CCC(C2CCC(c3ccc(CCCCC)cc3)CC2)CC1. The fourth-order valence-corrected chi connectivity index (χ4v) is 5.44. The van der Waals surface area contributed by atoms with E-state index in [1.165, 1.54) is 62.5 Å². The first-order valence-corrected chi connectivity index (χ1v) is 12.2. The van der Waals surface area contributed by atoms with E-state index in [0.29, 0.717) is 0 Å². The lowest BCUT2D eigenvalue weighted by atomic mass is 9.69. The molecule has 0 heterocycles. The monoisotopic (exact) mass is 412 g/mol. The molecule has 0 aromatic heterocycles. The van der Waals surface area contributed by atoms with Crippen LogP contribution in [-0.4, -0.2) is 23.8 Å². The molecule has 3 nitrogen and oxygen atoms in total. The molecule has 2 saturated carbocycles. The number of carbonyl (C=O) groups is 1. The molecule has 0 saturated heterocycles. The molecule has 3 rings (SSSR count). The van der Waals surface area contributed by atoms with E-state index in [1.807, 2.05) is 0 Å². The zero-order chi connectivity index (χ0) is 21.3. The first-order valence-electron chi connectivity index (χ1n) is 12.2. The van der Waals surface area contributed by atoms with Crippen molar-refractivity contribution >= 4 is 5.97 Å². The minimum Gasteiger partial charge on any atom is -0.459 e. The van der Waals surface area contributed by atoms with Crippen molar-refractivity contribution in [2.45, 2.75) is 96.0 Å². The molecule has 2 aliphatic carbocycles. The summed E-state index contributed by atoms with van der Waals surface area (Å²) in [7, 11) is 0. The van der Waals surface area contributed by atoms with Gasteiger partial charge in [0, 0.05) is 0 Å². The van der Waals surface area contributed by atoms with Gasteiger partial charge in [-0.15, -0.1) is 0 Å². The topological polar surface area (TPSA) is 46.5 Å². The third-order valence-corrected chi connectivity index (χ3v) is 7.43. The number of aliphatic hydroxyl groups is 1. The molecule has 0 aliphatic heterocycles. The molecule has 0 amide bonds. The van der Waals surface area contributed by atoms with Gasteiger partial charge in [0.1, 0.15) is 6.10 Å². The number of ether oxygens (including phenoxy) is 1. The van der Waals surface area contributed by atoms with Gasteiger partial charge in [0.2, 0.25) is 0 Å². The summed E-state index contributed by atoms with van der Waals surface area (Å²) in [5.41, 5.74) is 3.18. The van der Waals surface area contributed by atoms with Gasteiger partial charge in [-0.25, -0.2) is 4.79 Å². The Kier molecular flexibility index (Phi) is 8.99. The van der Waals surface area contributed by atoms with Crippen LogP contribution < -0.4 is 0 Å². The highest BCUT2D eigenvalue weighted by Crippen LogP contribution is 2.43. The summed E-state index contributed by atoms with van der Waals surface area (Å²) in [6.45, 7) is 5.50. The number of rotatable bonds is 9. The maximum absolute atomic E-state index is 11.8. The van der Waals surface area contributed by atoms with Gasteiger partial charge < -0.3 is 9.84 Å². The highest BCUT2D eigenvalue weighted by atomic mass is 16.5. The van der Waals surface area contributed by atoms with E-state index in [-0.39, 0.29) is 18.3 Å². The Labute approximate surface area is 182 Å². The lowest BCUT2D eigenvalue weighted by molar-refractivity contribution is -0.146. The number of aliphatic hydroxyl groups excluding tert-OH is 1. The van der Waals surface area contributed by atoms with Gasteiger partial charge in [-0.1, -0.05) is 50.6 Å². The van der Waals surface area contributed by atoms with E-state index < -0.39 is 5.97 Å². The lowest BCUT2D eigenvalue weighted by Gasteiger charge is -2.37. The lowest BCUT2D eigenvalue weighted by Crippen LogP contribution is -2.30. The number of hydrogen-bond donors (Lipinski definition) is 1. The van der Waals surface area contributed by atoms with Crippen molar-refractivity contribution in [2.75, 3.05) is 6.61 Å². The third kappa shape index (κ3) is 6.44. The predicted molar refractivity (Wildman–Crippen MR) is 122 cm³/mol. The quantitative estimate of drug-likeness (QED) is 0.292. The fourth-order valence-electron chi connectivity index (χ4n) is 5.44. The molecule has 30 heavy (non-hydrogen) atoms. The van der Waals surface area contributed by atoms with Gasteiger partial charge in [0.05, 0.1) is 12.2 Å². The molecule has 2 aliphatic rings. The molecular weight excluding hydrogens is 372 g/mol. The fraction of sp³-hybridized carbons (Fsp3) is 0.667. The Morgan fingerprint density at radius 1 is 0.967 bits per heavy atom. The van der Waals surface area contributed by atoms with Crippen molar-refractivity contribution in [3.05, 3.63) is 47.5 Å². The van der Waals surface area contributed by atoms with Crippen molar-refractivity contribution in [2.24, 2.45) is 11.8 Å². The Bertz CT molecular complexity index is 662. The third-order valence-electron chi connectivity index (χ3n) is 7.43. The summed E-state index contributed by atoms with van der Waals surface area (Å²) in [5, 5.41) is 9.01. The van der Waals surface area contributed by atoms with Crippen LogP contribution in [0.1, 0.15) is 94.6 Å². The van der Waals surface area contributed by atoms with Crippen LogP contribution >= 0.6 is 0 Å². The average molecular weight is 413 g/mol. The van der Waals surface area contributed by atoms with Crippen molar-refractivity contribution in [1.82, 2.24) is 0 Å². The van der Waals surface area contributed by atoms with Gasteiger partial charge in [0.25, 0.3) is 0 Å². The van der Waals surface area contributed by atoms with E-state index in [1.54, 1.807) is 0 Å². The van der Waals surface area contributed by atoms with Crippen LogP contribution in [0.2, 0.25) is 0 Å². The number of hydrogen-bond acceptors (Lipinski definition) is 3. The van der Waals surface area contributed by atoms with E-state index in [0.717, 1.165) is 43.4 Å². The first kappa shape index (κ1) is 23.1. The second-order valence-electron chi connectivity index (χ2n) is 9.51. The van der Waals surface area contributed by atoms with Crippen LogP contribution in [0.5, 0.6) is 0 Å². The summed E-state index contributed by atoms with van der Waals surface area (Å²) in [4.78, 5) is 11.8. The highest BCUT2D eigenvalue weighted by Gasteiger charge is 2.32. The Morgan fingerprint density at radius 2 is 1.57 bits per heavy atom. The van der Waals surface area contributed by atoms with E-state index in [2.05, 4.69) is 37.8 Å². The normalized spacial score (nSPS) is 26.9. The molecule has 0 unspecified atom stereocenters. The van der Waals surface area contributed by atoms with Crippen molar-refractivity contribution in [3.63, 3.8) is 0 Å². The molecule has 0 atom stereocenters. The number of esters is 1. The van der Waals surface area contributed by atoms with Crippen molar-refractivity contribution in [3.8, 4) is 0 Å². The summed E-state index contributed by atoms with van der Waals surface area (Å²) < 4.78 is 5.50. The molecule has 166 valence electrons. The van der Waals surface area contributed by atoms with Gasteiger partial charge in [0.15, 0.2) is 0 Å². The van der Waals surface area contributed by atoms with Crippen LogP contribution in [0.3, 0.4) is 0 Å². The van der Waals surface area contributed by atoms with E-state index >= 15 is 0 Å². The zero-order valence-corrected chi connectivity index (χ0v) is 18.8. The molecule has 0 radical (unpaired) electrons. The van der Waals surface area contributed by atoms with Crippen molar-refractivity contribution in [1.29, 1.82) is 0 Å². The smallest absolute Gasteiger partial charge is 0.336 e. The highest BCUT2D eigenvalue weighted by molar-refractivity contribution is 5.88. The molecule has 3 heteroatoms. The maximum Gasteiger partial charge on any atom is 0.336 e. The average Bonchev–Trinajstić information content (AvgIpc) is 2.80. The molecule has 1 N–H and O–H groups in total. The predicted octanol–water partition coefficient (Wildman–Crippen LogP) is 6.34. The summed E-state index contributed by atoms with van der Waals surface area (Å²) in [5.74, 6) is 1.91. The Morgan fingerprint density at radius 3 is 2.13 bits per heavy atom. The van der Waals surface area contributed by atoms with Gasteiger partial charge in [-0.2, -0.15) is 0 Å². The number of unbranched alkanes of at least 4 members (excludes halogenated alkanes) is 2. The molecule has 0 spiro atoms. The largest absolute Gasteiger partial charge is 0.459 e. The first-order chi connectivity index (χ1) is 14.6. The zero-order valence-electron chi connectivity index (χ0n) is 18.8. The number of aryl methyl sites for hydroxylation is 1. The minimum atomic E-state index is -0.433. The summed E-state index contributed by atoms with van der Waals surface area (Å²) in [6, 6.07) is 9.47. The van der Waals surface area contributed by atoms with Crippen molar-refractivity contribution < 1.29 is 14.6 Å². The van der Waals surface area contributed by atoms with Crippen LogP contribution in [0.25, 0.3) is 0 Å². The van der Waals surface area contributed by atoms with Gasteiger partial charge in [-0.05, 0) is 93.1 Å². The maximum atomic E-state index is 11.8. The molecule has 1 aromatic rings. The van der Waals surface area contributed by atoms with E-state index in [4.69, 9.17) is 9.84 Å².